The van der Waals surface area contributed by atoms with Crippen LogP contribution in [0.15, 0.2) is 58.1 Å². The van der Waals surface area contributed by atoms with Gasteiger partial charge in [-0.3, -0.25) is 4.79 Å². The summed E-state index contributed by atoms with van der Waals surface area (Å²) in [5.41, 5.74) is 4.74. The van der Waals surface area contributed by atoms with Gasteiger partial charge in [0.15, 0.2) is 0 Å². The molecule has 5 heteroatoms. The van der Waals surface area contributed by atoms with Crippen molar-refractivity contribution in [3.05, 3.63) is 64.1 Å². The summed E-state index contributed by atoms with van der Waals surface area (Å²) in [6.45, 7) is 1.84. The number of ether oxygens (including phenoxy) is 1. The summed E-state index contributed by atoms with van der Waals surface area (Å²) < 4.78 is 5.84. The summed E-state index contributed by atoms with van der Waals surface area (Å²) in [6.07, 6.45) is 0. The monoisotopic (exact) mass is 346 g/mol. The van der Waals surface area contributed by atoms with Crippen LogP contribution >= 0.6 is 15.9 Å². The molecule has 0 saturated heterocycles. The molecule has 0 spiro atoms. The first kappa shape index (κ1) is 15.3. The molecule has 0 heterocycles. The van der Waals surface area contributed by atoms with Crippen molar-refractivity contribution in [3.8, 4) is 5.75 Å². The van der Waals surface area contributed by atoms with E-state index in [9.17, 15) is 4.79 Å². The van der Waals surface area contributed by atoms with E-state index in [-0.39, 0.29) is 5.91 Å². The minimum absolute atomic E-state index is 0.254. The van der Waals surface area contributed by atoms with Crippen LogP contribution in [0.25, 0.3) is 0 Å². The Bertz CT molecular complexity index is 666. The van der Waals surface area contributed by atoms with Crippen LogP contribution in [-0.4, -0.2) is 18.7 Å². The van der Waals surface area contributed by atoms with Crippen LogP contribution in [0.4, 0.5) is 0 Å². The molecule has 0 radical (unpaired) electrons. The van der Waals surface area contributed by atoms with Crippen molar-refractivity contribution < 1.29 is 9.53 Å². The summed E-state index contributed by atoms with van der Waals surface area (Å²) in [7, 11) is 1.62. The van der Waals surface area contributed by atoms with Crippen molar-refractivity contribution in [2.45, 2.75) is 6.92 Å². The Morgan fingerprint density at radius 2 is 1.81 bits per heavy atom. The number of halogens is 1. The van der Waals surface area contributed by atoms with Gasteiger partial charge < -0.3 is 4.74 Å². The summed E-state index contributed by atoms with van der Waals surface area (Å²) >= 11 is 3.34. The van der Waals surface area contributed by atoms with Crippen molar-refractivity contribution in [3.63, 3.8) is 0 Å². The number of hydrogen-bond donors (Lipinski definition) is 1. The third-order valence-electron chi connectivity index (χ3n) is 2.95. The van der Waals surface area contributed by atoms with Crippen molar-refractivity contribution in [1.82, 2.24) is 5.43 Å². The lowest BCUT2D eigenvalue weighted by atomic mass is 10.1. The Morgan fingerprint density at radius 1 is 1.14 bits per heavy atom. The SMILES string of the molecule is COc1ccc(/C(C)=N\NC(=O)c2ccccc2Br)cc1. The molecule has 0 fully saturated rings. The third kappa shape index (κ3) is 3.92. The number of amides is 1. The van der Waals surface area contributed by atoms with Crippen LogP contribution in [0, 0.1) is 0 Å². The van der Waals surface area contributed by atoms with E-state index in [1.807, 2.05) is 43.3 Å². The van der Waals surface area contributed by atoms with Crippen LogP contribution in [0.3, 0.4) is 0 Å². The summed E-state index contributed by atoms with van der Waals surface area (Å²) in [5, 5.41) is 4.12. The molecule has 0 aromatic heterocycles. The van der Waals surface area contributed by atoms with E-state index in [0.29, 0.717) is 5.56 Å². The maximum absolute atomic E-state index is 12.0. The highest BCUT2D eigenvalue weighted by molar-refractivity contribution is 9.10. The molecular formula is C16H15BrN2O2. The zero-order valence-corrected chi connectivity index (χ0v) is 13.3. The first-order chi connectivity index (χ1) is 10.1. The summed E-state index contributed by atoms with van der Waals surface area (Å²) in [6, 6.07) is 14.7. The number of hydrogen-bond acceptors (Lipinski definition) is 3. The first-order valence-corrected chi connectivity index (χ1v) is 7.14. The van der Waals surface area contributed by atoms with Gasteiger partial charge in [0.1, 0.15) is 5.75 Å². The summed E-state index contributed by atoms with van der Waals surface area (Å²) in [5.74, 6) is 0.527. The van der Waals surface area contributed by atoms with Gasteiger partial charge in [-0.2, -0.15) is 5.10 Å². The Hall–Kier alpha value is -2.14. The van der Waals surface area contributed by atoms with Gasteiger partial charge in [0.05, 0.1) is 18.4 Å². The number of hydrazone groups is 1. The lowest BCUT2D eigenvalue weighted by Crippen LogP contribution is -2.19. The number of carbonyl (C=O) groups excluding carboxylic acids is 1. The standard InChI is InChI=1S/C16H15BrN2O2/c1-11(12-7-9-13(21-2)10-8-12)18-19-16(20)14-5-3-4-6-15(14)17/h3-10H,1-2H3,(H,19,20)/b18-11-. The van der Waals surface area contributed by atoms with Crippen molar-refractivity contribution >= 4 is 27.5 Å². The number of benzene rings is 2. The normalized spacial score (nSPS) is 11.1. The predicted molar refractivity (Wildman–Crippen MR) is 86.8 cm³/mol. The maximum Gasteiger partial charge on any atom is 0.272 e. The molecule has 0 unspecified atom stereocenters. The molecule has 0 saturated carbocycles. The fraction of sp³-hybridized carbons (Fsp3) is 0.125. The van der Waals surface area contributed by atoms with Crippen molar-refractivity contribution in [1.29, 1.82) is 0 Å². The highest BCUT2D eigenvalue weighted by Crippen LogP contribution is 2.15. The Kier molecular flexibility index (Phi) is 5.11. The number of methoxy groups -OCH3 is 1. The molecule has 0 aliphatic heterocycles. The van der Waals surface area contributed by atoms with E-state index in [0.717, 1.165) is 21.5 Å². The van der Waals surface area contributed by atoms with Gasteiger partial charge in [0.2, 0.25) is 0 Å². The molecule has 2 rings (SSSR count). The second kappa shape index (κ2) is 7.04. The fourth-order valence-electron chi connectivity index (χ4n) is 1.74. The van der Waals surface area contributed by atoms with E-state index < -0.39 is 0 Å². The predicted octanol–water partition coefficient (Wildman–Crippen LogP) is 3.61. The van der Waals surface area contributed by atoms with E-state index in [4.69, 9.17) is 4.74 Å². The fourth-order valence-corrected chi connectivity index (χ4v) is 2.20. The van der Waals surface area contributed by atoms with Crippen LogP contribution in [0.2, 0.25) is 0 Å². The van der Waals surface area contributed by atoms with Gasteiger partial charge >= 0.3 is 0 Å². The van der Waals surface area contributed by atoms with Crippen LogP contribution < -0.4 is 10.2 Å². The quantitative estimate of drug-likeness (QED) is 0.679. The molecule has 1 amide bonds. The largest absolute Gasteiger partial charge is 0.497 e. The molecule has 0 aliphatic carbocycles. The molecule has 0 bridgehead atoms. The maximum atomic E-state index is 12.0. The topological polar surface area (TPSA) is 50.7 Å². The second-order valence-electron chi connectivity index (χ2n) is 4.35. The summed E-state index contributed by atoms with van der Waals surface area (Å²) in [4.78, 5) is 12.0. The number of nitrogens with one attached hydrogen (secondary N) is 1. The Labute approximate surface area is 132 Å². The molecule has 1 N–H and O–H groups in total. The number of carbonyl (C=O) groups is 1. The molecular weight excluding hydrogens is 332 g/mol. The molecule has 0 aliphatic rings. The molecule has 0 atom stereocenters. The Morgan fingerprint density at radius 3 is 2.43 bits per heavy atom. The molecule has 2 aromatic rings. The molecule has 21 heavy (non-hydrogen) atoms. The highest BCUT2D eigenvalue weighted by atomic mass is 79.9. The minimum atomic E-state index is -0.254. The lowest BCUT2D eigenvalue weighted by molar-refractivity contribution is 0.0954. The van der Waals surface area contributed by atoms with E-state index in [2.05, 4.69) is 26.5 Å². The zero-order chi connectivity index (χ0) is 15.2. The Balaban J connectivity index is 2.09. The van der Waals surface area contributed by atoms with Crippen molar-refractivity contribution in [2.24, 2.45) is 5.10 Å². The van der Waals surface area contributed by atoms with Crippen molar-refractivity contribution in [2.75, 3.05) is 7.11 Å². The second-order valence-corrected chi connectivity index (χ2v) is 5.20. The average Bonchev–Trinajstić information content (AvgIpc) is 2.52. The number of rotatable bonds is 4. The first-order valence-electron chi connectivity index (χ1n) is 6.35. The van der Waals surface area contributed by atoms with Crippen LogP contribution in [-0.2, 0) is 0 Å². The molecule has 4 nitrogen and oxygen atoms in total. The average molecular weight is 347 g/mol. The number of nitrogens with zero attached hydrogens (tertiary/aromatic N) is 1. The van der Waals surface area contributed by atoms with Gasteiger partial charge in [-0.25, -0.2) is 5.43 Å². The van der Waals surface area contributed by atoms with Gasteiger partial charge in [-0.15, -0.1) is 0 Å². The van der Waals surface area contributed by atoms with E-state index in [1.165, 1.54) is 0 Å². The van der Waals surface area contributed by atoms with Gasteiger partial charge in [-0.05, 0) is 64.8 Å². The van der Waals surface area contributed by atoms with Crippen LogP contribution in [0.1, 0.15) is 22.8 Å². The highest BCUT2D eigenvalue weighted by Gasteiger charge is 2.08. The minimum Gasteiger partial charge on any atom is -0.497 e. The lowest BCUT2D eigenvalue weighted by Gasteiger charge is -2.05. The van der Waals surface area contributed by atoms with Gasteiger partial charge in [0.25, 0.3) is 5.91 Å². The van der Waals surface area contributed by atoms with Gasteiger partial charge in [-0.1, -0.05) is 12.1 Å². The van der Waals surface area contributed by atoms with E-state index >= 15 is 0 Å². The third-order valence-corrected chi connectivity index (χ3v) is 3.64. The molecule has 2 aromatic carbocycles. The van der Waals surface area contributed by atoms with E-state index in [1.54, 1.807) is 19.2 Å². The molecule has 108 valence electrons. The zero-order valence-electron chi connectivity index (χ0n) is 11.8. The smallest absolute Gasteiger partial charge is 0.272 e. The van der Waals surface area contributed by atoms with Gasteiger partial charge in [0, 0.05) is 4.47 Å². The van der Waals surface area contributed by atoms with Crippen LogP contribution in [0.5, 0.6) is 5.75 Å².